The maximum atomic E-state index is 11.6. The Hall–Kier alpha value is -0.210. The van der Waals surface area contributed by atoms with E-state index in [0.29, 0.717) is 32.2 Å². The highest BCUT2D eigenvalue weighted by Crippen LogP contribution is 2.19. The molecular formula is C12H26N2O4S. The van der Waals surface area contributed by atoms with Crippen LogP contribution in [0.25, 0.3) is 0 Å². The minimum atomic E-state index is -3.20. The van der Waals surface area contributed by atoms with Crippen LogP contribution in [0.5, 0.6) is 0 Å². The molecule has 0 aromatic carbocycles. The number of hydrogen-bond acceptors (Lipinski definition) is 5. The fraction of sp³-hybridized carbons (Fsp3) is 1.00. The first kappa shape index (κ1) is 16.8. The van der Waals surface area contributed by atoms with E-state index in [4.69, 9.17) is 15.2 Å². The number of hydrogen-bond donors (Lipinski definition) is 2. The zero-order chi connectivity index (χ0) is 14.1. The molecule has 1 aliphatic carbocycles. The van der Waals surface area contributed by atoms with Crippen molar-refractivity contribution >= 4 is 10.0 Å². The third kappa shape index (κ3) is 7.84. The van der Waals surface area contributed by atoms with Crippen LogP contribution in [0.1, 0.15) is 32.1 Å². The van der Waals surface area contributed by atoms with Crippen LogP contribution >= 0.6 is 0 Å². The molecule has 114 valence electrons. The Morgan fingerprint density at radius 2 is 1.89 bits per heavy atom. The summed E-state index contributed by atoms with van der Waals surface area (Å²) < 4.78 is 36.1. The third-order valence-electron chi connectivity index (χ3n) is 3.26. The second-order valence-corrected chi connectivity index (χ2v) is 6.89. The van der Waals surface area contributed by atoms with Gasteiger partial charge in [0.25, 0.3) is 0 Å². The van der Waals surface area contributed by atoms with Crippen molar-refractivity contribution in [2.75, 3.05) is 32.6 Å². The standard InChI is InChI=1S/C12H26N2O4S/c1-17-8-2-10-19(15,16)14-7-9-18-12-5-3-11(13)4-6-12/h11-12,14H,2-10,13H2,1H3. The monoisotopic (exact) mass is 294 g/mol. The SMILES string of the molecule is COCCCS(=O)(=O)NCCOC1CCC(N)CC1. The third-order valence-corrected chi connectivity index (χ3v) is 4.73. The summed E-state index contributed by atoms with van der Waals surface area (Å²) in [4.78, 5) is 0. The summed E-state index contributed by atoms with van der Waals surface area (Å²) in [6, 6.07) is 0.305. The number of sulfonamides is 1. The Morgan fingerprint density at radius 3 is 2.53 bits per heavy atom. The molecule has 6 nitrogen and oxygen atoms in total. The first-order valence-corrected chi connectivity index (χ1v) is 8.52. The molecule has 7 heteroatoms. The summed E-state index contributed by atoms with van der Waals surface area (Å²) in [6.45, 7) is 1.21. The lowest BCUT2D eigenvalue weighted by Crippen LogP contribution is -2.33. The molecule has 0 bridgehead atoms. The van der Waals surface area contributed by atoms with E-state index in [1.54, 1.807) is 7.11 Å². The topological polar surface area (TPSA) is 90.7 Å². The molecule has 0 radical (unpaired) electrons. The van der Waals surface area contributed by atoms with E-state index >= 15 is 0 Å². The van der Waals surface area contributed by atoms with Gasteiger partial charge in [0.1, 0.15) is 0 Å². The average molecular weight is 294 g/mol. The molecule has 0 atom stereocenters. The second-order valence-electron chi connectivity index (χ2n) is 4.97. The van der Waals surface area contributed by atoms with Crippen molar-refractivity contribution in [2.45, 2.75) is 44.2 Å². The van der Waals surface area contributed by atoms with E-state index in [-0.39, 0.29) is 11.9 Å². The highest BCUT2D eigenvalue weighted by atomic mass is 32.2. The van der Waals surface area contributed by atoms with Gasteiger partial charge in [-0.1, -0.05) is 0 Å². The van der Waals surface area contributed by atoms with Crippen molar-refractivity contribution < 1.29 is 17.9 Å². The summed E-state index contributed by atoms with van der Waals surface area (Å²) in [5.74, 6) is 0.0964. The molecule has 1 aliphatic rings. The largest absolute Gasteiger partial charge is 0.385 e. The van der Waals surface area contributed by atoms with Crippen molar-refractivity contribution in [3.05, 3.63) is 0 Å². The minimum Gasteiger partial charge on any atom is -0.385 e. The number of methoxy groups -OCH3 is 1. The summed E-state index contributed by atoms with van der Waals surface area (Å²) in [5, 5.41) is 0. The fourth-order valence-corrected chi connectivity index (χ4v) is 3.18. The van der Waals surface area contributed by atoms with Crippen LogP contribution in [0.15, 0.2) is 0 Å². The van der Waals surface area contributed by atoms with Crippen LogP contribution in [0.3, 0.4) is 0 Å². The van der Waals surface area contributed by atoms with E-state index in [0.717, 1.165) is 25.7 Å². The number of nitrogens with one attached hydrogen (secondary N) is 1. The smallest absolute Gasteiger partial charge is 0.211 e. The molecule has 0 saturated heterocycles. The predicted molar refractivity (Wildman–Crippen MR) is 74.5 cm³/mol. The van der Waals surface area contributed by atoms with Gasteiger partial charge < -0.3 is 15.2 Å². The van der Waals surface area contributed by atoms with Gasteiger partial charge >= 0.3 is 0 Å². The maximum absolute atomic E-state index is 11.6. The number of ether oxygens (including phenoxy) is 2. The molecule has 1 fully saturated rings. The van der Waals surface area contributed by atoms with Gasteiger partial charge in [-0.25, -0.2) is 13.1 Å². The fourth-order valence-electron chi connectivity index (χ4n) is 2.14. The molecule has 0 unspecified atom stereocenters. The summed E-state index contributed by atoms with van der Waals surface area (Å²) >= 11 is 0. The predicted octanol–water partition coefficient (Wildman–Crippen LogP) is 0.229. The maximum Gasteiger partial charge on any atom is 0.211 e. The zero-order valence-electron chi connectivity index (χ0n) is 11.6. The number of nitrogens with two attached hydrogens (primary N) is 1. The lowest BCUT2D eigenvalue weighted by atomic mass is 9.94. The highest BCUT2D eigenvalue weighted by molar-refractivity contribution is 7.89. The lowest BCUT2D eigenvalue weighted by Gasteiger charge is -2.26. The lowest BCUT2D eigenvalue weighted by molar-refractivity contribution is 0.0287. The van der Waals surface area contributed by atoms with E-state index in [1.165, 1.54) is 0 Å². The summed E-state index contributed by atoms with van der Waals surface area (Å²) in [5.41, 5.74) is 5.81. The Labute approximate surface area is 116 Å². The van der Waals surface area contributed by atoms with Crippen molar-refractivity contribution in [1.82, 2.24) is 4.72 Å². The van der Waals surface area contributed by atoms with Crippen LogP contribution in [0, 0.1) is 0 Å². The van der Waals surface area contributed by atoms with Gasteiger partial charge in [0, 0.05) is 26.3 Å². The van der Waals surface area contributed by atoms with Crippen LogP contribution in [-0.2, 0) is 19.5 Å². The Morgan fingerprint density at radius 1 is 1.21 bits per heavy atom. The van der Waals surface area contributed by atoms with Crippen LogP contribution in [-0.4, -0.2) is 53.2 Å². The van der Waals surface area contributed by atoms with Crippen molar-refractivity contribution in [3.8, 4) is 0 Å². The molecule has 0 spiro atoms. The highest BCUT2D eigenvalue weighted by Gasteiger charge is 2.18. The molecule has 0 heterocycles. The quantitative estimate of drug-likeness (QED) is 0.594. The zero-order valence-corrected chi connectivity index (χ0v) is 12.5. The van der Waals surface area contributed by atoms with Crippen molar-refractivity contribution in [1.29, 1.82) is 0 Å². The molecule has 1 rings (SSSR count). The van der Waals surface area contributed by atoms with Crippen LogP contribution in [0.4, 0.5) is 0 Å². The average Bonchev–Trinajstić information content (AvgIpc) is 2.37. The van der Waals surface area contributed by atoms with E-state index in [9.17, 15) is 8.42 Å². The van der Waals surface area contributed by atoms with Gasteiger partial charge in [-0.15, -0.1) is 0 Å². The Bertz CT molecular complexity index is 327. The van der Waals surface area contributed by atoms with Crippen LogP contribution < -0.4 is 10.5 Å². The normalized spacial score (nSPS) is 24.5. The van der Waals surface area contributed by atoms with Gasteiger partial charge in [-0.05, 0) is 32.1 Å². The molecule has 3 N–H and O–H groups in total. The van der Waals surface area contributed by atoms with Gasteiger partial charge in [-0.3, -0.25) is 0 Å². The molecular weight excluding hydrogens is 268 g/mol. The van der Waals surface area contributed by atoms with E-state index in [2.05, 4.69) is 4.72 Å². The molecule has 1 saturated carbocycles. The number of rotatable bonds is 9. The second kappa shape index (κ2) is 8.86. The van der Waals surface area contributed by atoms with Crippen molar-refractivity contribution in [2.24, 2.45) is 5.73 Å². The molecule has 0 aliphatic heterocycles. The van der Waals surface area contributed by atoms with Gasteiger partial charge in [0.05, 0.1) is 18.5 Å². The Balaban J connectivity index is 2.06. The molecule has 0 amide bonds. The Kier molecular flexibility index (Phi) is 7.86. The van der Waals surface area contributed by atoms with Crippen molar-refractivity contribution in [3.63, 3.8) is 0 Å². The van der Waals surface area contributed by atoms with Crippen LogP contribution in [0.2, 0.25) is 0 Å². The van der Waals surface area contributed by atoms with E-state index < -0.39 is 10.0 Å². The van der Waals surface area contributed by atoms with Gasteiger partial charge in [0.15, 0.2) is 0 Å². The summed E-state index contributed by atoms with van der Waals surface area (Å²) in [6.07, 6.45) is 4.68. The van der Waals surface area contributed by atoms with Gasteiger partial charge in [-0.2, -0.15) is 0 Å². The van der Waals surface area contributed by atoms with Gasteiger partial charge in [0.2, 0.25) is 10.0 Å². The molecule has 19 heavy (non-hydrogen) atoms. The first-order chi connectivity index (χ1) is 9.03. The minimum absolute atomic E-state index is 0.0964. The molecule has 0 aromatic rings. The summed E-state index contributed by atoms with van der Waals surface area (Å²) in [7, 11) is -1.64. The molecule has 0 aromatic heterocycles. The van der Waals surface area contributed by atoms with E-state index in [1.807, 2.05) is 0 Å². The first-order valence-electron chi connectivity index (χ1n) is 6.87.